The van der Waals surface area contributed by atoms with Crippen LogP contribution in [0.2, 0.25) is 0 Å². The number of amides is 1. The summed E-state index contributed by atoms with van der Waals surface area (Å²) >= 11 is 0. The first-order valence-corrected chi connectivity index (χ1v) is 11.3. The number of nitrogens with zero attached hydrogens (tertiary/aromatic N) is 1. The van der Waals surface area contributed by atoms with Crippen molar-refractivity contribution in [2.45, 2.75) is 19.3 Å². The molecule has 1 saturated heterocycles. The van der Waals surface area contributed by atoms with E-state index in [4.69, 9.17) is 4.74 Å². The molecule has 0 unspecified atom stereocenters. The summed E-state index contributed by atoms with van der Waals surface area (Å²) in [7, 11) is 0. The molecule has 0 atom stereocenters. The van der Waals surface area contributed by atoms with E-state index in [2.05, 4.69) is 12.1 Å². The zero-order valence-corrected chi connectivity index (χ0v) is 18.5. The van der Waals surface area contributed by atoms with Gasteiger partial charge < -0.3 is 9.64 Å². The van der Waals surface area contributed by atoms with E-state index in [1.165, 1.54) is 5.56 Å². The van der Waals surface area contributed by atoms with Crippen molar-refractivity contribution in [2.24, 2.45) is 5.92 Å². The molecular weight excluding hydrogens is 414 g/mol. The summed E-state index contributed by atoms with van der Waals surface area (Å²) in [6.45, 7) is 1.00. The summed E-state index contributed by atoms with van der Waals surface area (Å²) in [5.41, 5.74) is 2.25. The van der Waals surface area contributed by atoms with Crippen LogP contribution in [0.5, 0.6) is 0 Å². The van der Waals surface area contributed by atoms with Gasteiger partial charge >= 0.3 is 5.97 Å². The Morgan fingerprint density at radius 2 is 1.33 bits per heavy atom. The Kier molecular flexibility index (Phi) is 7.30. The van der Waals surface area contributed by atoms with Crippen molar-refractivity contribution >= 4 is 17.7 Å². The monoisotopic (exact) mass is 441 g/mol. The predicted octanol–water partition coefficient (Wildman–Crippen LogP) is 4.56. The van der Waals surface area contributed by atoms with Crippen LogP contribution in [0.15, 0.2) is 84.9 Å². The van der Waals surface area contributed by atoms with E-state index in [1.54, 1.807) is 53.4 Å². The van der Waals surface area contributed by atoms with Gasteiger partial charge in [-0.3, -0.25) is 9.59 Å². The second-order valence-electron chi connectivity index (χ2n) is 8.33. The number of esters is 1. The van der Waals surface area contributed by atoms with Crippen molar-refractivity contribution in [3.8, 4) is 0 Å². The van der Waals surface area contributed by atoms with E-state index in [1.807, 2.05) is 24.3 Å². The van der Waals surface area contributed by atoms with E-state index in [0.29, 0.717) is 24.6 Å². The first kappa shape index (κ1) is 22.5. The fraction of sp³-hybridized carbons (Fsp3) is 0.250. The molecule has 1 amide bonds. The standard InChI is InChI=1S/C28H27NO4/c30-26(29-17-15-22(16-18-29)19-21-9-3-1-4-10-21)20-33-28(32)25-14-8-7-13-24(25)27(31)23-11-5-2-6-12-23/h1-14,22H,15-20H2. The van der Waals surface area contributed by atoms with E-state index >= 15 is 0 Å². The Balaban J connectivity index is 1.31. The highest BCUT2D eigenvalue weighted by Crippen LogP contribution is 2.22. The quantitative estimate of drug-likeness (QED) is 0.398. The van der Waals surface area contributed by atoms with Gasteiger partial charge in [-0.15, -0.1) is 0 Å². The topological polar surface area (TPSA) is 63.7 Å². The molecule has 0 aromatic heterocycles. The van der Waals surface area contributed by atoms with Gasteiger partial charge in [0.25, 0.3) is 5.91 Å². The number of ketones is 1. The summed E-state index contributed by atoms with van der Waals surface area (Å²) in [4.78, 5) is 39.9. The molecule has 0 radical (unpaired) electrons. The Bertz CT molecular complexity index is 1100. The number of piperidine rings is 1. The van der Waals surface area contributed by atoms with Gasteiger partial charge in [-0.1, -0.05) is 78.9 Å². The lowest BCUT2D eigenvalue weighted by atomic mass is 9.90. The summed E-state index contributed by atoms with van der Waals surface area (Å²) in [5, 5.41) is 0. The SMILES string of the molecule is O=C(OCC(=O)N1CCC(Cc2ccccc2)CC1)c1ccccc1C(=O)c1ccccc1. The van der Waals surface area contributed by atoms with Crippen molar-refractivity contribution in [1.82, 2.24) is 4.90 Å². The fourth-order valence-corrected chi connectivity index (χ4v) is 4.23. The molecule has 1 fully saturated rings. The molecule has 1 heterocycles. The minimum Gasteiger partial charge on any atom is -0.452 e. The molecule has 3 aromatic carbocycles. The number of carbonyl (C=O) groups excluding carboxylic acids is 3. The average Bonchev–Trinajstić information content (AvgIpc) is 2.88. The molecule has 3 aromatic rings. The van der Waals surface area contributed by atoms with Crippen molar-refractivity contribution in [3.05, 3.63) is 107 Å². The van der Waals surface area contributed by atoms with Crippen LogP contribution in [0.4, 0.5) is 0 Å². The van der Waals surface area contributed by atoms with Crippen molar-refractivity contribution in [2.75, 3.05) is 19.7 Å². The Hall–Kier alpha value is -3.73. The van der Waals surface area contributed by atoms with Crippen LogP contribution in [-0.4, -0.2) is 42.3 Å². The van der Waals surface area contributed by atoms with Gasteiger partial charge in [-0.05, 0) is 36.8 Å². The third kappa shape index (κ3) is 5.75. The van der Waals surface area contributed by atoms with Crippen molar-refractivity contribution in [1.29, 1.82) is 0 Å². The van der Waals surface area contributed by atoms with Gasteiger partial charge in [0.1, 0.15) is 0 Å². The molecule has 0 spiro atoms. The van der Waals surface area contributed by atoms with E-state index in [-0.39, 0.29) is 29.4 Å². The number of ether oxygens (including phenoxy) is 1. The van der Waals surface area contributed by atoms with Gasteiger partial charge in [-0.25, -0.2) is 4.79 Å². The summed E-state index contributed by atoms with van der Waals surface area (Å²) in [6.07, 6.45) is 2.88. The maximum atomic E-state index is 12.8. The highest BCUT2D eigenvalue weighted by atomic mass is 16.5. The van der Waals surface area contributed by atoms with Crippen LogP contribution >= 0.6 is 0 Å². The lowest BCUT2D eigenvalue weighted by molar-refractivity contribution is -0.135. The van der Waals surface area contributed by atoms with E-state index in [0.717, 1.165) is 19.3 Å². The Morgan fingerprint density at radius 1 is 0.758 bits per heavy atom. The number of benzene rings is 3. The van der Waals surface area contributed by atoms with Gasteiger partial charge in [0, 0.05) is 24.2 Å². The minimum atomic E-state index is -0.665. The molecule has 4 rings (SSSR count). The molecule has 5 heteroatoms. The van der Waals surface area contributed by atoms with E-state index < -0.39 is 5.97 Å². The number of hydrogen-bond acceptors (Lipinski definition) is 4. The van der Waals surface area contributed by atoms with Crippen LogP contribution in [0.25, 0.3) is 0 Å². The second-order valence-corrected chi connectivity index (χ2v) is 8.33. The van der Waals surface area contributed by atoms with Gasteiger partial charge in [0.05, 0.1) is 5.56 Å². The zero-order valence-electron chi connectivity index (χ0n) is 18.5. The molecule has 33 heavy (non-hydrogen) atoms. The van der Waals surface area contributed by atoms with Crippen LogP contribution in [0.1, 0.15) is 44.7 Å². The lowest BCUT2D eigenvalue weighted by Crippen LogP contribution is -2.41. The Morgan fingerprint density at radius 3 is 2.00 bits per heavy atom. The number of rotatable bonds is 7. The molecule has 0 aliphatic carbocycles. The highest BCUT2D eigenvalue weighted by molar-refractivity contribution is 6.14. The number of hydrogen-bond donors (Lipinski definition) is 0. The van der Waals surface area contributed by atoms with Crippen LogP contribution in [0.3, 0.4) is 0 Å². The second kappa shape index (κ2) is 10.7. The number of likely N-dealkylation sites (tertiary alicyclic amines) is 1. The van der Waals surface area contributed by atoms with Crippen molar-refractivity contribution in [3.63, 3.8) is 0 Å². The maximum absolute atomic E-state index is 12.8. The van der Waals surface area contributed by atoms with Crippen molar-refractivity contribution < 1.29 is 19.1 Å². The van der Waals surface area contributed by atoms with Gasteiger partial charge in [0.15, 0.2) is 12.4 Å². The van der Waals surface area contributed by atoms with Gasteiger partial charge in [-0.2, -0.15) is 0 Å². The summed E-state index contributed by atoms with van der Waals surface area (Å²) in [6, 6.07) is 25.7. The number of carbonyl (C=O) groups is 3. The molecule has 0 saturated carbocycles. The van der Waals surface area contributed by atoms with E-state index in [9.17, 15) is 14.4 Å². The zero-order chi connectivity index (χ0) is 23.0. The smallest absolute Gasteiger partial charge is 0.339 e. The fourth-order valence-electron chi connectivity index (χ4n) is 4.23. The molecule has 0 bridgehead atoms. The molecular formula is C28H27NO4. The van der Waals surface area contributed by atoms with Crippen LogP contribution < -0.4 is 0 Å². The minimum absolute atomic E-state index is 0.167. The van der Waals surface area contributed by atoms with Crippen LogP contribution in [-0.2, 0) is 16.0 Å². The summed E-state index contributed by atoms with van der Waals surface area (Å²) in [5.74, 6) is -0.569. The molecule has 0 N–H and O–H groups in total. The third-order valence-corrected chi connectivity index (χ3v) is 6.09. The Labute approximate surface area is 194 Å². The average molecular weight is 442 g/mol. The molecule has 1 aliphatic rings. The molecule has 5 nitrogen and oxygen atoms in total. The third-order valence-electron chi connectivity index (χ3n) is 6.09. The first-order chi connectivity index (χ1) is 16.1. The lowest BCUT2D eigenvalue weighted by Gasteiger charge is -2.32. The maximum Gasteiger partial charge on any atom is 0.339 e. The normalized spacial score (nSPS) is 14.0. The molecule has 168 valence electrons. The first-order valence-electron chi connectivity index (χ1n) is 11.3. The molecule has 1 aliphatic heterocycles. The summed E-state index contributed by atoms with van der Waals surface area (Å²) < 4.78 is 5.31. The predicted molar refractivity (Wildman–Crippen MR) is 126 cm³/mol. The highest BCUT2D eigenvalue weighted by Gasteiger charge is 2.25. The van der Waals surface area contributed by atoms with Crippen LogP contribution in [0, 0.1) is 5.92 Å². The largest absolute Gasteiger partial charge is 0.452 e. The van der Waals surface area contributed by atoms with Gasteiger partial charge in [0.2, 0.25) is 0 Å².